The Morgan fingerprint density at radius 1 is 0.662 bits per heavy atom. The summed E-state index contributed by atoms with van der Waals surface area (Å²) in [4.78, 5) is 17.3. The molecule has 0 bridgehead atoms. The summed E-state index contributed by atoms with van der Waals surface area (Å²) in [6.07, 6.45) is 2.68. The van der Waals surface area contributed by atoms with Crippen molar-refractivity contribution in [1.29, 1.82) is 0 Å². The van der Waals surface area contributed by atoms with Crippen molar-refractivity contribution < 1.29 is 46.4 Å². The van der Waals surface area contributed by atoms with Gasteiger partial charge in [-0.15, -0.1) is 0 Å². The van der Waals surface area contributed by atoms with Crippen LogP contribution in [0.5, 0.6) is 11.5 Å². The highest BCUT2D eigenvalue weighted by Crippen LogP contribution is 2.51. The minimum Gasteiger partial charge on any atom is -0.507 e. The quantitative estimate of drug-likeness (QED) is 0.107. The number of benzene rings is 4. The molecule has 0 amide bonds. The van der Waals surface area contributed by atoms with Gasteiger partial charge in [-0.1, -0.05) is 13.8 Å². The van der Waals surface area contributed by atoms with Crippen LogP contribution in [0.1, 0.15) is 50.7 Å². The number of hydrogen-bond donors (Lipinski definition) is 3. The van der Waals surface area contributed by atoms with Crippen LogP contribution in [0.25, 0.3) is 66.8 Å². The molecular formula is C47H42F6N8O4. The van der Waals surface area contributed by atoms with Gasteiger partial charge in [0.1, 0.15) is 54.6 Å². The molecule has 3 N–H and O–H groups in total. The minimum atomic E-state index is -2.64. The van der Waals surface area contributed by atoms with Crippen molar-refractivity contribution in [2.45, 2.75) is 76.7 Å². The zero-order valence-electron chi connectivity index (χ0n) is 35.2. The molecule has 65 heavy (non-hydrogen) atoms. The van der Waals surface area contributed by atoms with Crippen LogP contribution in [0.15, 0.2) is 97.8 Å². The summed E-state index contributed by atoms with van der Waals surface area (Å²) >= 11 is 0. The molecule has 0 spiro atoms. The molecule has 4 heterocycles. The van der Waals surface area contributed by atoms with Crippen molar-refractivity contribution in [3.8, 4) is 56.5 Å². The molecule has 336 valence electrons. The maximum atomic E-state index is 13.5. The number of rotatable bonds is 11. The maximum absolute atomic E-state index is 13.5. The third-order valence-electron chi connectivity index (χ3n) is 11.1. The molecular weight excluding hydrogens is 855 g/mol. The van der Waals surface area contributed by atoms with Gasteiger partial charge in [-0.25, -0.2) is 46.3 Å². The van der Waals surface area contributed by atoms with Crippen molar-refractivity contribution in [2.75, 3.05) is 7.11 Å². The lowest BCUT2D eigenvalue weighted by molar-refractivity contribution is 0.121. The van der Waals surface area contributed by atoms with Crippen LogP contribution < -0.4 is 4.74 Å². The average Bonchev–Trinajstić information content (AvgIpc) is 4.14. The fourth-order valence-corrected chi connectivity index (χ4v) is 7.68. The van der Waals surface area contributed by atoms with E-state index in [4.69, 9.17) is 4.74 Å². The van der Waals surface area contributed by atoms with Crippen LogP contribution in [-0.4, -0.2) is 74.8 Å². The molecule has 12 nitrogen and oxygen atoms in total. The SMILES string of the molecule is CC.COc1cc2ncnc(-c3cn(CC(F)F)nc3-c3ccc(F)cc3)c2cc1C1(O)CC1.Oc1cc2ncnc(-c3cnn(CC(F)F)c3-c3ccc(F)cc3)c2cc1C1(O)CC1. The number of phenolic OH excluding ortho intramolecular Hbond substituents is 1. The molecule has 2 fully saturated rings. The number of aliphatic hydroxyl groups is 2. The summed E-state index contributed by atoms with van der Waals surface area (Å²) in [5.74, 6) is -0.404. The van der Waals surface area contributed by atoms with Gasteiger partial charge >= 0.3 is 0 Å². The maximum Gasteiger partial charge on any atom is 0.257 e. The Hall–Kier alpha value is -6.92. The Kier molecular flexibility index (Phi) is 12.3. The number of alkyl halides is 4. The molecule has 8 aromatic rings. The Morgan fingerprint density at radius 3 is 1.74 bits per heavy atom. The van der Waals surface area contributed by atoms with Crippen LogP contribution in [0.2, 0.25) is 0 Å². The Morgan fingerprint density at radius 2 is 1.18 bits per heavy atom. The summed E-state index contributed by atoms with van der Waals surface area (Å²) in [5.41, 5.74) is 3.63. The van der Waals surface area contributed by atoms with Gasteiger partial charge in [-0.2, -0.15) is 10.2 Å². The monoisotopic (exact) mass is 896 g/mol. The van der Waals surface area contributed by atoms with Crippen LogP contribution in [-0.2, 0) is 24.3 Å². The van der Waals surface area contributed by atoms with Gasteiger partial charge in [0.2, 0.25) is 0 Å². The standard InChI is InChI=1S/C23H19F3N4O2.C22H17F3N4O2.C2H6/c1-32-19-9-18-15(8-17(19)23(31)6-7-23)22(28-12-27-18)16-10-30(11-20(25)26)29-21(16)13-2-4-14(24)5-3-13;23-13-3-1-12(2-4-13)21-15(9-28-29(21)10-19(24)25)20-14-7-16(22(31)5-6-22)18(30)8-17(14)26-11-27-20;1-2/h2-5,8-10,12,20,31H,6-7,11H2,1H3;1-4,7-9,11,19,30-31H,5-6,10H2;1-2H3. The van der Waals surface area contributed by atoms with Crippen LogP contribution in [0.4, 0.5) is 26.3 Å². The first kappa shape index (κ1) is 44.7. The van der Waals surface area contributed by atoms with E-state index in [9.17, 15) is 41.7 Å². The van der Waals surface area contributed by atoms with Crippen molar-refractivity contribution in [2.24, 2.45) is 0 Å². The number of halogens is 6. The number of aromatic nitrogens is 8. The van der Waals surface area contributed by atoms with Gasteiger partial charge in [0, 0.05) is 62.5 Å². The normalized spacial score (nSPS) is 14.5. The number of phenols is 1. The fourth-order valence-electron chi connectivity index (χ4n) is 7.68. The largest absolute Gasteiger partial charge is 0.507 e. The van der Waals surface area contributed by atoms with Gasteiger partial charge < -0.3 is 20.1 Å². The molecule has 4 aromatic carbocycles. The molecule has 10 rings (SSSR count). The highest BCUT2D eigenvalue weighted by atomic mass is 19.3. The number of nitrogens with zero attached hydrogens (tertiary/aromatic N) is 8. The summed E-state index contributed by atoms with van der Waals surface area (Å²) in [6.45, 7) is 2.78. The molecule has 0 aliphatic heterocycles. The third kappa shape index (κ3) is 9.08. The number of methoxy groups -OCH3 is 1. The van der Waals surface area contributed by atoms with E-state index in [0.717, 1.165) is 9.36 Å². The summed E-state index contributed by atoms with van der Waals surface area (Å²) in [7, 11) is 1.53. The number of ether oxygens (including phenoxy) is 1. The zero-order valence-corrected chi connectivity index (χ0v) is 35.2. The smallest absolute Gasteiger partial charge is 0.257 e. The lowest BCUT2D eigenvalue weighted by Gasteiger charge is -2.15. The van der Waals surface area contributed by atoms with E-state index in [1.807, 2.05) is 13.8 Å². The van der Waals surface area contributed by atoms with E-state index in [1.165, 1.54) is 74.6 Å². The minimum absolute atomic E-state index is 0.0655. The van der Waals surface area contributed by atoms with Crippen molar-refractivity contribution in [3.63, 3.8) is 0 Å². The molecule has 2 aliphatic rings. The van der Waals surface area contributed by atoms with E-state index in [1.54, 1.807) is 30.3 Å². The summed E-state index contributed by atoms with van der Waals surface area (Å²) < 4.78 is 87.2. The first-order chi connectivity index (χ1) is 31.2. The first-order valence-electron chi connectivity index (χ1n) is 20.7. The second kappa shape index (κ2) is 17.9. The molecule has 2 aliphatic carbocycles. The second-order valence-corrected chi connectivity index (χ2v) is 15.5. The number of hydrogen-bond acceptors (Lipinski definition) is 10. The third-order valence-corrected chi connectivity index (χ3v) is 11.1. The van der Waals surface area contributed by atoms with Crippen molar-refractivity contribution in [3.05, 3.63) is 121 Å². The molecule has 0 unspecified atom stereocenters. The summed E-state index contributed by atoms with van der Waals surface area (Å²) in [5, 5.41) is 41.2. The molecule has 0 radical (unpaired) electrons. The van der Waals surface area contributed by atoms with Gasteiger partial charge in [0.25, 0.3) is 12.9 Å². The first-order valence-corrected chi connectivity index (χ1v) is 20.7. The predicted octanol–water partition coefficient (Wildman–Crippen LogP) is 9.83. The van der Waals surface area contributed by atoms with Crippen LogP contribution >= 0.6 is 0 Å². The van der Waals surface area contributed by atoms with E-state index in [0.29, 0.717) is 109 Å². The molecule has 2 saturated carbocycles. The lowest BCUT2D eigenvalue weighted by Crippen LogP contribution is -2.09. The summed E-state index contributed by atoms with van der Waals surface area (Å²) in [6, 6.07) is 17.7. The van der Waals surface area contributed by atoms with Crippen molar-refractivity contribution in [1.82, 2.24) is 39.5 Å². The van der Waals surface area contributed by atoms with Crippen molar-refractivity contribution >= 4 is 21.8 Å². The number of fused-ring (bicyclic) bond motifs is 2. The fraction of sp³-hybridized carbons (Fsp3) is 0.277. The Balaban J connectivity index is 0.000000171. The topological polar surface area (TPSA) is 157 Å². The molecule has 4 aromatic heterocycles. The van der Waals surface area contributed by atoms with E-state index >= 15 is 0 Å². The molecule has 0 saturated heterocycles. The highest BCUT2D eigenvalue weighted by Gasteiger charge is 2.45. The average molecular weight is 897 g/mol. The molecule has 0 atom stereocenters. The Labute approximate surface area is 367 Å². The molecule has 18 heteroatoms. The predicted molar refractivity (Wildman–Crippen MR) is 230 cm³/mol. The van der Waals surface area contributed by atoms with Crippen LogP contribution in [0, 0.1) is 11.6 Å². The zero-order chi connectivity index (χ0) is 46.2. The highest BCUT2D eigenvalue weighted by molar-refractivity contribution is 5.98. The number of aromatic hydroxyl groups is 1. The Bertz CT molecular complexity index is 2990. The van der Waals surface area contributed by atoms with E-state index in [-0.39, 0.29) is 5.75 Å². The van der Waals surface area contributed by atoms with Gasteiger partial charge in [-0.05, 0) is 86.3 Å². The van der Waals surface area contributed by atoms with E-state index in [2.05, 4.69) is 30.1 Å². The lowest BCUT2D eigenvalue weighted by atomic mass is 9.98. The second-order valence-electron chi connectivity index (χ2n) is 15.5. The van der Waals surface area contributed by atoms with Gasteiger partial charge in [0.05, 0.1) is 52.6 Å². The van der Waals surface area contributed by atoms with Crippen LogP contribution in [0.3, 0.4) is 0 Å². The van der Waals surface area contributed by atoms with E-state index < -0.39 is 48.8 Å². The van der Waals surface area contributed by atoms with Gasteiger partial charge in [-0.3, -0.25) is 9.36 Å². The van der Waals surface area contributed by atoms with Gasteiger partial charge in [0.15, 0.2) is 0 Å².